The molecule has 1 atom stereocenters. The minimum Gasteiger partial charge on any atom is -0.342 e. The van der Waals surface area contributed by atoms with E-state index in [-0.39, 0.29) is 17.7 Å². The van der Waals surface area contributed by atoms with E-state index in [0.29, 0.717) is 25.6 Å². The third-order valence-electron chi connectivity index (χ3n) is 4.73. The second kappa shape index (κ2) is 7.34. The van der Waals surface area contributed by atoms with E-state index in [4.69, 9.17) is 0 Å². The summed E-state index contributed by atoms with van der Waals surface area (Å²) in [5, 5.41) is 0. The van der Waals surface area contributed by atoms with Crippen LogP contribution in [0.5, 0.6) is 0 Å². The molecule has 1 aromatic rings. The number of pyridine rings is 1. The third kappa shape index (κ3) is 3.86. The van der Waals surface area contributed by atoms with Crippen LogP contribution < -0.4 is 0 Å². The fourth-order valence-corrected chi connectivity index (χ4v) is 4.40. The van der Waals surface area contributed by atoms with Crippen LogP contribution in [0.3, 0.4) is 0 Å². The summed E-state index contributed by atoms with van der Waals surface area (Å²) in [6, 6.07) is 6.02. The van der Waals surface area contributed by atoms with Crippen LogP contribution in [-0.2, 0) is 16.1 Å². The van der Waals surface area contributed by atoms with Gasteiger partial charge in [-0.2, -0.15) is 11.8 Å². The molecule has 2 fully saturated rings. The number of likely N-dealkylation sites (tertiary alicyclic amines) is 1. The first-order chi connectivity index (χ1) is 11.1. The van der Waals surface area contributed by atoms with E-state index in [0.717, 1.165) is 30.0 Å². The molecule has 124 valence electrons. The van der Waals surface area contributed by atoms with Crippen LogP contribution in [0.4, 0.5) is 0 Å². The Bertz CT molecular complexity index is 560. The van der Waals surface area contributed by atoms with Crippen molar-refractivity contribution in [1.29, 1.82) is 0 Å². The number of amides is 2. The summed E-state index contributed by atoms with van der Waals surface area (Å²) in [5.41, 5.74) is 0.867. The fraction of sp³-hybridized carbons (Fsp3) is 0.588. The molecule has 6 heteroatoms. The summed E-state index contributed by atoms with van der Waals surface area (Å²) in [6.45, 7) is 1.01. The lowest BCUT2D eigenvalue weighted by molar-refractivity contribution is -0.136. The molecule has 1 aromatic heterocycles. The van der Waals surface area contributed by atoms with Crippen LogP contribution in [0, 0.1) is 5.92 Å². The highest BCUT2D eigenvalue weighted by molar-refractivity contribution is 7.99. The van der Waals surface area contributed by atoms with Crippen molar-refractivity contribution in [3.05, 3.63) is 30.1 Å². The molecular formula is C17H23N3O2S. The van der Waals surface area contributed by atoms with Crippen molar-refractivity contribution in [2.24, 2.45) is 5.92 Å². The average molecular weight is 333 g/mol. The Morgan fingerprint density at radius 3 is 2.87 bits per heavy atom. The van der Waals surface area contributed by atoms with Crippen molar-refractivity contribution in [1.82, 2.24) is 14.8 Å². The van der Waals surface area contributed by atoms with Gasteiger partial charge >= 0.3 is 0 Å². The molecule has 0 saturated carbocycles. The Morgan fingerprint density at radius 2 is 2.17 bits per heavy atom. The van der Waals surface area contributed by atoms with Crippen molar-refractivity contribution >= 4 is 23.6 Å². The van der Waals surface area contributed by atoms with Gasteiger partial charge in [-0.25, -0.2) is 0 Å². The first kappa shape index (κ1) is 16.3. The molecule has 23 heavy (non-hydrogen) atoms. The molecule has 2 aliphatic rings. The smallest absolute Gasteiger partial charge is 0.227 e. The van der Waals surface area contributed by atoms with Gasteiger partial charge in [0.15, 0.2) is 0 Å². The summed E-state index contributed by atoms with van der Waals surface area (Å²) in [4.78, 5) is 32.8. The van der Waals surface area contributed by atoms with E-state index >= 15 is 0 Å². The molecule has 5 nitrogen and oxygen atoms in total. The number of aromatic nitrogens is 1. The number of thioether (sulfide) groups is 1. The highest BCUT2D eigenvalue weighted by Gasteiger charge is 2.37. The summed E-state index contributed by atoms with van der Waals surface area (Å²) >= 11 is 1.95. The normalized spacial score (nSPS) is 22.4. The van der Waals surface area contributed by atoms with Crippen LogP contribution >= 0.6 is 11.8 Å². The molecule has 3 rings (SSSR count). The summed E-state index contributed by atoms with van der Waals surface area (Å²) in [7, 11) is 1.90. The molecular weight excluding hydrogens is 310 g/mol. The molecule has 2 amide bonds. The standard InChI is InChI=1S/C17H23N3O2S/c1-19(15-5-8-23-9-6-15)17(22)13-10-16(21)20(11-13)12-14-4-2-3-7-18-14/h2-4,7,13,15H,5-6,8-12H2,1H3/t13-/m0/s1. The van der Waals surface area contributed by atoms with Crippen LogP contribution in [-0.4, -0.2) is 57.7 Å². The molecule has 0 N–H and O–H groups in total. The predicted molar refractivity (Wildman–Crippen MR) is 90.9 cm³/mol. The van der Waals surface area contributed by atoms with Crippen molar-refractivity contribution < 1.29 is 9.59 Å². The van der Waals surface area contributed by atoms with E-state index in [1.807, 2.05) is 41.9 Å². The van der Waals surface area contributed by atoms with E-state index < -0.39 is 0 Å². The Morgan fingerprint density at radius 1 is 1.39 bits per heavy atom. The van der Waals surface area contributed by atoms with Gasteiger partial charge in [0, 0.05) is 32.3 Å². The van der Waals surface area contributed by atoms with E-state index in [2.05, 4.69) is 4.98 Å². The highest BCUT2D eigenvalue weighted by Crippen LogP contribution is 2.26. The highest BCUT2D eigenvalue weighted by atomic mass is 32.2. The summed E-state index contributed by atoms with van der Waals surface area (Å²) in [6.07, 6.45) is 4.18. The lowest BCUT2D eigenvalue weighted by atomic mass is 10.0. The second-order valence-corrected chi connectivity index (χ2v) is 7.51. The van der Waals surface area contributed by atoms with Gasteiger partial charge in [-0.1, -0.05) is 6.07 Å². The molecule has 0 aliphatic carbocycles. The molecule has 2 saturated heterocycles. The number of carbonyl (C=O) groups is 2. The number of rotatable bonds is 4. The van der Waals surface area contributed by atoms with Gasteiger partial charge in [0.1, 0.15) is 0 Å². The first-order valence-corrected chi connectivity index (χ1v) is 9.32. The Balaban J connectivity index is 1.59. The van der Waals surface area contributed by atoms with Gasteiger partial charge < -0.3 is 9.80 Å². The van der Waals surface area contributed by atoms with Gasteiger partial charge in [-0.3, -0.25) is 14.6 Å². The zero-order valence-corrected chi connectivity index (χ0v) is 14.3. The maximum Gasteiger partial charge on any atom is 0.227 e. The van der Waals surface area contributed by atoms with E-state index in [9.17, 15) is 9.59 Å². The fourth-order valence-electron chi connectivity index (χ4n) is 3.32. The second-order valence-electron chi connectivity index (χ2n) is 6.29. The van der Waals surface area contributed by atoms with Crippen molar-refractivity contribution in [3.63, 3.8) is 0 Å². The van der Waals surface area contributed by atoms with Gasteiger partial charge in [0.25, 0.3) is 0 Å². The molecule has 0 bridgehead atoms. The van der Waals surface area contributed by atoms with Crippen molar-refractivity contribution in [2.75, 3.05) is 25.1 Å². The minimum atomic E-state index is -0.203. The monoisotopic (exact) mass is 333 g/mol. The number of carbonyl (C=O) groups excluding carboxylic acids is 2. The Labute approximate surface area is 141 Å². The zero-order chi connectivity index (χ0) is 16.2. The Hall–Kier alpha value is -1.56. The SMILES string of the molecule is CN(C(=O)[C@H]1CC(=O)N(Cc2ccccn2)C1)C1CCSCC1. The van der Waals surface area contributed by atoms with Crippen LogP contribution in [0.2, 0.25) is 0 Å². The maximum absolute atomic E-state index is 12.7. The molecule has 0 unspecified atom stereocenters. The topological polar surface area (TPSA) is 53.5 Å². The van der Waals surface area contributed by atoms with Gasteiger partial charge in [-0.05, 0) is 36.5 Å². The lowest BCUT2D eigenvalue weighted by Crippen LogP contribution is -2.43. The summed E-state index contributed by atoms with van der Waals surface area (Å²) < 4.78 is 0. The molecule has 0 spiro atoms. The molecule has 2 aliphatic heterocycles. The van der Waals surface area contributed by atoms with Gasteiger partial charge in [0.2, 0.25) is 11.8 Å². The van der Waals surface area contributed by atoms with E-state index in [1.165, 1.54) is 0 Å². The predicted octanol–water partition coefficient (Wildman–Crippen LogP) is 1.78. The lowest BCUT2D eigenvalue weighted by Gasteiger charge is -2.32. The zero-order valence-electron chi connectivity index (χ0n) is 13.5. The minimum absolute atomic E-state index is 0.0570. The number of nitrogens with zero attached hydrogens (tertiary/aromatic N) is 3. The first-order valence-electron chi connectivity index (χ1n) is 8.17. The number of hydrogen-bond acceptors (Lipinski definition) is 4. The van der Waals surface area contributed by atoms with Gasteiger partial charge in [0.05, 0.1) is 18.2 Å². The van der Waals surface area contributed by atoms with Gasteiger partial charge in [-0.15, -0.1) is 0 Å². The third-order valence-corrected chi connectivity index (χ3v) is 5.78. The van der Waals surface area contributed by atoms with Crippen LogP contribution in [0.25, 0.3) is 0 Å². The van der Waals surface area contributed by atoms with Crippen molar-refractivity contribution in [2.45, 2.75) is 31.8 Å². The molecule has 0 radical (unpaired) electrons. The summed E-state index contributed by atoms with van der Waals surface area (Å²) in [5.74, 6) is 2.22. The maximum atomic E-state index is 12.7. The van der Waals surface area contributed by atoms with Crippen molar-refractivity contribution in [3.8, 4) is 0 Å². The molecule has 3 heterocycles. The van der Waals surface area contributed by atoms with Crippen LogP contribution in [0.1, 0.15) is 25.0 Å². The average Bonchev–Trinajstić information content (AvgIpc) is 2.96. The molecule has 0 aromatic carbocycles. The van der Waals surface area contributed by atoms with Crippen LogP contribution in [0.15, 0.2) is 24.4 Å². The number of hydrogen-bond donors (Lipinski definition) is 0. The largest absolute Gasteiger partial charge is 0.342 e. The quantitative estimate of drug-likeness (QED) is 0.843. The Kier molecular flexibility index (Phi) is 5.20. The van der Waals surface area contributed by atoms with E-state index in [1.54, 1.807) is 11.1 Å².